The Bertz CT molecular complexity index is 1070. The Morgan fingerprint density at radius 3 is 2.87 bits per heavy atom. The van der Waals surface area contributed by atoms with Gasteiger partial charge in [0.15, 0.2) is 5.16 Å². The largest absolute Gasteiger partial charge is 0.497 e. The van der Waals surface area contributed by atoms with Crippen molar-refractivity contribution in [3.05, 3.63) is 48.3 Å². The van der Waals surface area contributed by atoms with Gasteiger partial charge < -0.3 is 19.5 Å². The molecule has 1 aliphatic rings. The van der Waals surface area contributed by atoms with Crippen molar-refractivity contribution in [2.75, 3.05) is 24.8 Å². The highest BCUT2D eigenvalue weighted by molar-refractivity contribution is 7.99. The molecule has 0 radical (unpaired) electrons. The van der Waals surface area contributed by atoms with Gasteiger partial charge in [0.05, 0.1) is 25.2 Å². The van der Waals surface area contributed by atoms with Crippen molar-refractivity contribution in [3.63, 3.8) is 0 Å². The molecule has 1 aromatic heterocycles. The summed E-state index contributed by atoms with van der Waals surface area (Å²) in [5, 5.41) is 11.7. The van der Waals surface area contributed by atoms with E-state index >= 15 is 0 Å². The van der Waals surface area contributed by atoms with Gasteiger partial charge in [-0.15, -0.1) is 10.2 Å². The van der Waals surface area contributed by atoms with E-state index in [9.17, 15) is 4.79 Å². The molecule has 3 aromatic rings. The maximum atomic E-state index is 12.7. The van der Waals surface area contributed by atoms with Gasteiger partial charge >= 0.3 is 0 Å². The average Bonchev–Trinajstić information content (AvgIpc) is 3.38. The number of fused-ring (bicyclic) bond motifs is 1. The van der Waals surface area contributed by atoms with Crippen LogP contribution < -0.4 is 19.5 Å². The van der Waals surface area contributed by atoms with Crippen LogP contribution in [-0.4, -0.2) is 46.2 Å². The van der Waals surface area contributed by atoms with E-state index in [0.717, 1.165) is 29.2 Å². The van der Waals surface area contributed by atoms with Crippen LogP contribution in [0.15, 0.2) is 47.9 Å². The molecule has 8 nitrogen and oxygen atoms in total. The first-order chi connectivity index (χ1) is 15.1. The molecule has 1 amide bonds. The Labute approximate surface area is 184 Å². The summed E-state index contributed by atoms with van der Waals surface area (Å²) in [6.45, 7) is 4.45. The molecule has 1 aliphatic heterocycles. The van der Waals surface area contributed by atoms with Crippen LogP contribution in [0.5, 0.6) is 17.2 Å². The van der Waals surface area contributed by atoms with E-state index in [1.54, 1.807) is 13.4 Å². The number of methoxy groups -OCH3 is 1. The lowest BCUT2D eigenvalue weighted by molar-refractivity contribution is -0.113. The van der Waals surface area contributed by atoms with E-state index in [4.69, 9.17) is 14.2 Å². The zero-order chi connectivity index (χ0) is 21.8. The zero-order valence-electron chi connectivity index (χ0n) is 17.6. The monoisotopic (exact) mass is 440 g/mol. The minimum absolute atomic E-state index is 0.121. The molecular formula is C22H24N4O4S. The van der Waals surface area contributed by atoms with Gasteiger partial charge in [0.25, 0.3) is 0 Å². The van der Waals surface area contributed by atoms with Crippen molar-refractivity contribution in [2.24, 2.45) is 0 Å². The number of benzene rings is 2. The van der Waals surface area contributed by atoms with E-state index in [2.05, 4.69) is 15.5 Å². The third-order valence-electron chi connectivity index (χ3n) is 4.77. The van der Waals surface area contributed by atoms with Crippen LogP contribution in [0.25, 0.3) is 5.69 Å². The minimum atomic E-state index is -0.166. The number of carbonyl (C=O) groups excluding carboxylic acids is 1. The summed E-state index contributed by atoms with van der Waals surface area (Å²) in [5.74, 6) is 2.22. The van der Waals surface area contributed by atoms with Crippen molar-refractivity contribution in [1.82, 2.24) is 14.8 Å². The molecule has 9 heteroatoms. The summed E-state index contributed by atoms with van der Waals surface area (Å²) in [7, 11) is 1.62. The zero-order valence-corrected chi connectivity index (χ0v) is 18.4. The third-order valence-corrected chi connectivity index (χ3v) is 5.71. The first kappa shape index (κ1) is 21.0. The maximum Gasteiger partial charge on any atom is 0.234 e. The van der Waals surface area contributed by atoms with Crippen molar-refractivity contribution in [2.45, 2.75) is 31.5 Å². The van der Waals surface area contributed by atoms with E-state index in [1.165, 1.54) is 11.8 Å². The normalized spacial score (nSPS) is 14.6. The van der Waals surface area contributed by atoms with Gasteiger partial charge in [0, 0.05) is 23.7 Å². The van der Waals surface area contributed by atoms with Gasteiger partial charge in [-0.1, -0.05) is 11.8 Å². The van der Waals surface area contributed by atoms with Gasteiger partial charge in [-0.05, 0) is 44.2 Å². The van der Waals surface area contributed by atoms with Crippen molar-refractivity contribution in [1.29, 1.82) is 0 Å². The molecule has 0 saturated carbocycles. The molecule has 2 aromatic carbocycles. The Morgan fingerprint density at radius 1 is 1.32 bits per heavy atom. The number of amides is 1. The molecule has 1 unspecified atom stereocenters. The molecule has 0 aliphatic carbocycles. The number of nitrogens with zero attached hydrogens (tertiary/aromatic N) is 3. The van der Waals surface area contributed by atoms with Gasteiger partial charge in [0.2, 0.25) is 5.91 Å². The summed E-state index contributed by atoms with van der Waals surface area (Å²) in [6.07, 6.45) is 2.57. The number of rotatable bonds is 8. The van der Waals surface area contributed by atoms with Crippen molar-refractivity contribution in [3.8, 4) is 22.9 Å². The van der Waals surface area contributed by atoms with Gasteiger partial charge in [-0.25, -0.2) is 0 Å². The smallest absolute Gasteiger partial charge is 0.234 e. The highest BCUT2D eigenvalue weighted by atomic mass is 32.2. The predicted octanol–water partition coefficient (Wildman–Crippen LogP) is 3.73. The van der Waals surface area contributed by atoms with E-state index in [1.807, 2.05) is 54.8 Å². The lowest BCUT2D eigenvalue weighted by Gasteiger charge is -2.13. The molecule has 0 bridgehead atoms. The van der Waals surface area contributed by atoms with Gasteiger partial charge in [0.1, 0.15) is 29.7 Å². The van der Waals surface area contributed by atoms with Crippen LogP contribution in [0.1, 0.15) is 19.4 Å². The molecule has 31 heavy (non-hydrogen) atoms. The van der Waals surface area contributed by atoms with Gasteiger partial charge in [-0.2, -0.15) is 0 Å². The van der Waals surface area contributed by atoms with E-state index < -0.39 is 0 Å². The second-order valence-electron chi connectivity index (χ2n) is 7.04. The summed E-state index contributed by atoms with van der Waals surface area (Å²) in [5.41, 5.74) is 2.59. The molecule has 162 valence electrons. The fourth-order valence-electron chi connectivity index (χ4n) is 3.37. The number of nitrogens with one attached hydrogen (secondary N) is 1. The molecular weight excluding hydrogens is 416 g/mol. The number of carbonyl (C=O) groups is 1. The van der Waals surface area contributed by atoms with Crippen LogP contribution >= 0.6 is 11.8 Å². The molecule has 2 heterocycles. The van der Waals surface area contributed by atoms with Crippen molar-refractivity contribution >= 4 is 23.4 Å². The number of hydrogen-bond acceptors (Lipinski definition) is 7. The second kappa shape index (κ2) is 9.30. The molecule has 0 fully saturated rings. The quantitative estimate of drug-likeness (QED) is 0.534. The topological polar surface area (TPSA) is 87.5 Å². The van der Waals surface area contributed by atoms with E-state index in [0.29, 0.717) is 23.2 Å². The Morgan fingerprint density at radius 2 is 2.13 bits per heavy atom. The fourth-order valence-corrected chi connectivity index (χ4v) is 4.10. The maximum absolute atomic E-state index is 12.7. The van der Waals surface area contributed by atoms with E-state index in [-0.39, 0.29) is 17.8 Å². The highest BCUT2D eigenvalue weighted by Gasteiger charge is 2.22. The summed E-state index contributed by atoms with van der Waals surface area (Å²) in [4.78, 5) is 12.7. The first-order valence-electron chi connectivity index (χ1n) is 10.0. The van der Waals surface area contributed by atoms with Crippen LogP contribution in [0.3, 0.4) is 0 Å². The molecule has 0 spiro atoms. The molecule has 0 saturated heterocycles. The second-order valence-corrected chi connectivity index (χ2v) is 7.98. The van der Waals surface area contributed by atoms with Crippen LogP contribution in [0.2, 0.25) is 0 Å². The molecule has 4 rings (SSSR count). The lowest BCUT2D eigenvalue weighted by atomic mass is 10.1. The summed E-state index contributed by atoms with van der Waals surface area (Å²) < 4.78 is 18.6. The number of hydrogen-bond donors (Lipinski definition) is 1. The number of thioether (sulfide) groups is 1. The van der Waals surface area contributed by atoms with Crippen LogP contribution in [0, 0.1) is 0 Å². The number of aromatic nitrogens is 3. The summed E-state index contributed by atoms with van der Waals surface area (Å²) >= 11 is 1.30. The van der Waals surface area contributed by atoms with Crippen LogP contribution in [0.4, 0.5) is 5.69 Å². The van der Waals surface area contributed by atoms with Gasteiger partial charge in [-0.3, -0.25) is 9.36 Å². The lowest BCUT2D eigenvalue weighted by Crippen LogP contribution is -2.15. The SMILES string of the molecule is CCOc1cc2c(cc1NC(=O)CSc1nncn1-c1ccc(OC)cc1)OC(C)C2. The molecule has 1 atom stereocenters. The Hall–Kier alpha value is -3.20. The van der Waals surface area contributed by atoms with Crippen molar-refractivity contribution < 1.29 is 19.0 Å². The summed E-state index contributed by atoms with van der Waals surface area (Å²) in [6, 6.07) is 11.3. The fraction of sp³-hybridized carbons (Fsp3) is 0.318. The Kier molecular flexibility index (Phi) is 6.31. The average molecular weight is 441 g/mol. The Balaban J connectivity index is 1.44. The standard InChI is InChI=1S/C22H24N4O4S/c1-4-29-20-10-15-9-14(2)30-19(15)11-18(20)24-21(27)12-31-22-25-23-13-26(22)16-5-7-17(28-3)8-6-16/h5-8,10-11,13-14H,4,9,12H2,1-3H3,(H,24,27). The number of anilines is 1. The third kappa shape index (κ3) is 4.77. The number of ether oxygens (including phenoxy) is 3. The predicted molar refractivity (Wildman–Crippen MR) is 119 cm³/mol. The minimum Gasteiger partial charge on any atom is -0.497 e. The molecule has 1 N–H and O–H groups in total. The van der Waals surface area contributed by atoms with Crippen LogP contribution in [-0.2, 0) is 11.2 Å². The highest BCUT2D eigenvalue weighted by Crippen LogP contribution is 2.38. The first-order valence-corrected chi connectivity index (χ1v) is 11.0.